The SMILES string of the molecule is O=C1c2ccccc2C(=O)N1CCCCCCO[C@H]1[C@H]2OC3(CCCCC3)O[C@H]2C[C@@H](OCc2ccccc2)[C@@H]1OCc1ccccc1. The van der Waals surface area contributed by atoms with Crippen molar-refractivity contribution in [1.29, 1.82) is 0 Å². The molecule has 3 aromatic carbocycles. The molecule has 3 fully saturated rings. The summed E-state index contributed by atoms with van der Waals surface area (Å²) in [5.41, 5.74) is 3.23. The Hall–Kier alpha value is -3.40. The number of rotatable bonds is 14. The molecule has 0 bridgehead atoms. The summed E-state index contributed by atoms with van der Waals surface area (Å²) < 4.78 is 33.7. The van der Waals surface area contributed by atoms with Gasteiger partial charge in [-0.3, -0.25) is 14.5 Å². The van der Waals surface area contributed by atoms with Crippen LogP contribution in [0.25, 0.3) is 0 Å². The zero-order valence-electron chi connectivity index (χ0n) is 27.7. The Bertz CT molecular complexity index is 1470. The Labute approximate surface area is 283 Å². The molecule has 0 radical (unpaired) electrons. The van der Waals surface area contributed by atoms with E-state index in [1.165, 1.54) is 11.3 Å². The first-order valence-corrected chi connectivity index (χ1v) is 17.8. The second kappa shape index (κ2) is 15.4. The highest BCUT2D eigenvalue weighted by Crippen LogP contribution is 2.46. The highest BCUT2D eigenvalue weighted by molar-refractivity contribution is 6.21. The van der Waals surface area contributed by atoms with Crippen LogP contribution in [0.5, 0.6) is 0 Å². The standard InChI is InChI=1S/C40H47NO7/c42-38-31-20-10-11-21-32(31)39(43)41(38)24-14-1-2-15-25-44-37-35(46-28-30-18-8-4-9-19-30)33(45-27-29-16-6-3-7-17-29)26-34-36(37)48-40(47-34)22-12-5-13-23-40/h3-4,6-11,16-21,33-37H,1-2,5,12-15,22-28H2/t33-,34+,35+,36+,37-/m1/s1. The van der Waals surface area contributed by atoms with E-state index in [1.54, 1.807) is 24.3 Å². The van der Waals surface area contributed by atoms with Crippen LogP contribution in [0.1, 0.15) is 96.1 Å². The molecule has 2 saturated carbocycles. The number of benzene rings is 3. The first kappa shape index (κ1) is 33.1. The smallest absolute Gasteiger partial charge is 0.261 e. The van der Waals surface area contributed by atoms with Gasteiger partial charge in [0.05, 0.1) is 36.5 Å². The fraction of sp³-hybridized carbons (Fsp3) is 0.500. The van der Waals surface area contributed by atoms with Gasteiger partial charge in [-0.2, -0.15) is 0 Å². The molecule has 3 aromatic rings. The highest BCUT2D eigenvalue weighted by atomic mass is 16.8. The van der Waals surface area contributed by atoms with Crippen LogP contribution in [0.2, 0.25) is 0 Å². The Morgan fingerprint density at radius 1 is 0.646 bits per heavy atom. The number of ether oxygens (including phenoxy) is 5. The van der Waals surface area contributed by atoms with Crippen LogP contribution in [-0.4, -0.2) is 66.2 Å². The fourth-order valence-corrected chi connectivity index (χ4v) is 7.73. The second-order valence-corrected chi connectivity index (χ2v) is 13.6. The van der Waals surface area contributed by atoms with E-state index in [0.29, 0.717) is 43.9 Å². The molecule has 8 heteroatoms. The number of carbonyl (C=O) groups excluding carboxylic acids is 2. The van der Waals surface area contributed by atoms with Crippen LogP contribution in [0, 0.1) is 0 Å². The van der Waals surface area contributed by atoms with Gasteiger partial charge in [0.15, 0.2) is 5.79 Å². The lowest BCUT2D eigenvalue weighted by atomic mass is 9.86. The largest absolute Gasteiger partial charge is 0.373 e. The zero-order valence-corrected chi connectivity index (χ0v) is 27.7. The van der Waals surface area contributed by atoms with Gasteiger partial charge in [-0.05, 0) is 48.9 Å². The van der Waals surface area contributed by atoms with Crippen LogP contribution in [0.3, 0.4) is 0 Å². The molecule has 2 aliphatic carbocycles. The molecule has 4 aliphatic rings. The Morgan fingerprint density at radius 3 is 1.92 bits per heavy atom. The topological polar surface area (TPSA) is 83.5 Å². The van der Waals surface area contributed by atoms with Gasteiger partial charge < -0.3 is 23.7 Å². The van der Waals surface area contributed by atoms with Crippen LogP contribution in [0.4, 0.5) is 0 Å². The van der Waals surface area contributed by atoms with Gasteiger partial charge in [-0.15, -0.1) is 0 Å². The van der Waals surface area contributed by atoms with Gasteiger partial charge in [0.1, 0.15) is 18.3 Å². The van der Waals surface area contributed by atoms with Crippen molar-refractivity contribution in [2.24, 2.45) is 0 Å². The summed E-state index contributed by atoms with van der Waals surface area (Å²) in [4.78, 5) is 26.8. The van der Waals surface area contributed by atoms with Crippen LogP contribution >= 0.6 is 0 Å². The molecular weight excluding hydrogens is 606 g/mol. The van der Waals surface area contributed by atoms with Crippen molar-refractivity contribution in [3.63, 3.8) is 0 Å². The Balaban J connectivity index is 0.993. The first-order valence-electron chi connectivity index (χ1n) is 17.8. The molecule has 5 atom stereocenters. The normalized spacial score (nSPS) is 26.2. The molecule has 1 saturated heterocycles. The lowest BCUT2D eigenvalue weighted by Crippen LogP contribution is -2.57. The maximum absolute atomic E-state index is 12.7. The van der Waals surface area contributed by atoms with E-state index < -0.39 is 5.79 Å². The lowest BCUT2D eigenvalue weighted by Gasteiger charge is -2.42. The summed E-state index contributed by atoms with van der Waals surface area (Å²) >= 11 is 0. The molecule has 0 unspecified atom stereocenters. The van der Waals surface area contributed by atoms with Gasteiger partial charge in [0, 0.05) is 32.4 Å². The molecular formula is C40H47NO7. The predicted molar refractivity (Wildman–Crippen MR) is 180 cm³/mol. The van der Waals surface area contributed by atoms with E-state index in [4.69, 9.17) is 23.7 Å². The molecule has 48 heavy (non-hydrogen) atoms. The molecule has 2 heterocycles. The van der Waals surface area contributed by atoms with Crippen molar-refractivity contribution in [3.05, 3.63) is 107 Å². The lowest BCUT2D eigenvalue weighted by molar-refractivity contribution is -0.218. The van der Waals surface area contributed by atoms with Crippen molar-refractivity contribution in [3.8, 4) is 0 Å². The van der Waals surface area contributed by atoms with Crippen molar-refractivity contribution >= 4 is 11.8 Å². The van der Waals surface area contributed by atoms with Crippen LogP contribution in [0.15, 0.2) is 84.9 Å². The minimum Gasteiger partial charge on any atom is -0.373 e. The molecule has 8 nitrogen and oxygen atoms in total. The van der Waals surface area contributed by atoms with Crippen LogP contribution < -0.4 is 0 Å². The summed E-state index contributed by atoms with van der Waals surface area (Å²) in [5, 5.41) is 0. The summed E-state index contributed by atoms with van der Waals surface area (Å²) in [5.74, 6) is -0.922. The number of fused-ring (bicyclic) bond motifs is 2. The molecule has 2 aliphatic heterocycles. The van der Waals surface area contributed by atoms with E-state index in [9.17, 15) is 9.59 Å². The van der Waals surface area contributed by atoms with E-state index in [0.717, 1.165) is 62.5 Å². The van der Waals surface area contributed by atoms with Crippen LogP contribution in [-0.2, 0) is 36.9 Å². The van der Waals surface area contributed by atoms with Gasteiger partial charge >= 0.3 is 0 Å². The average molecular weight is 654 g/mol. The van der Waals surface area contributed by atoms with E-state index in [1.807, 2.05) is 36.4 Å². The summed E-state index contributed by atoms with van der Waals surface area (Å²) in [6, 6.07) is 27.5. The van der Waals surface area contributed by atoms with Crippen molar-refractivity contribution in [2.75, 3.05) is 13.2 Å². The maximum Gasteiger partial charge on any atom is 0.261 e. The zero-order chi connectivity index (χ0) is 32.8. The summed E-state index contributed by atoms with van der Waals surface area (Å²) in [7, 11) is 0. The quantitative estimate of drug-likeness (QED) is 0.134. The number of imide groups is 1. The van der Waals surface area contributed by atoms with Gasteiger partial charge in [0.25, 0.3) is 11.8 Å². The molecule has 2 amide bonds. The highest BCUT2D eigenvalue weighted by Gasteiger charge is 2.57. The molecule has 254 valence electrons. The van der Waals surface area contributed by atoms with Gasteiger partial charge in [-0.25, -0.2) is 0 Å². The Morgan fingerprint density at radius 2 is 1.25 bits per heavy atom. The molecule has 0 N–H and O–H groups in total. The second-order valence-electron chi connectivity index (χ2n) is 13.6. The number of hydrogen-bond donors (Lipinski definition) is 0. The fourth-order valence-electron chi connectivity index (χ4n) is 7.73. The third-order valence-corrected chi connectivity index (χ3v) is 10.2. The monoisotopic (exact) mass is 653 g/mol. The van der Waals surface area contributed by atoms with Gasteiger partial charge in [0.2, 0.25) is 0 Å². The predicted octanol–water partition coefficient (Wildman–Crippen LogP) is 7.25. The number of unbranched alkanes of at least 4 members (excludes halogenated alkanes) is 3. The van der Waals surface area contributed by atoms with E-state index >= 15 is 0 Å². The summed E-state index contributed by atoms with van der Waals surface area (Å²) in [6.45, 7) is 1.92. The molecule has 7 rings (SSSR count). The number of carbonyl (C=O) groups is 2. The van der Waals surface area contributed by atoms with Crippen molar-refractivity contribution < 1.29 is 33.3 Å². The van der Waals surface area contributed by atoms with E-state index in [2.05, 4.69) is 24.3 Å². The minimum atomic E-state index is -0.544. The average Bonchev–Trinajstić information content (AvgIpc) is 3.59. The maximum atomic E-state index is 12.7. The third-order valence-electron chi connectivity index (χ3n) is 10.2. The van der Waals surface area contributed by atoms with E-state index in [-0.39, 0.29) is 42.3 Å². The first-order chi connectivity index (χ1) is 23.6. The Kier molecular flexibility index (Phi) is 10.6. The van der Waals surface area contributed by atoms with Gasteiger partial charge in [-0.1, -0.05) is 92.1 Å². The third kappa shape index (κ3) is 7.43. The van der Waals surface area contributed by atoms with Crippen molar-refractivity contribution in [2.45, 2.75) is 114 Å². The molecule has 0 aromatic heterocycles. The minimum absolute atomic E-state index is 0.120. The number of amides is 2. The number of hydrogen-bond acceptors (Lipinski definition) is 7. The summed E-state index contributed by atoms with van der Waals surface area (Å²) in [6.07, 6.45) is 8.12. The number of nitrogens with zero attached hydrogens (tertiary/aromatic N) is 1. The van der Waals surface area contributed by atoms with Crippen molar-refractivity contribution in [1.82, 2.24) is 4.90 Å². The molecule has 1 spiro atoms.